The molecule has 0 bridgehead atoms. The van der Waals surface area contributed by atoms with Gasteiger partial charge in [-0.3, -0.25) is 9.48 Å². The van der Waals surface area contributed by atoms with Gasteiger partial charge in [0.05, 0.1) is 17.5 Å². The van der Waals surface area contributed by atoms with Gasteiger partial charge in [-0.05, 0) is 57.6 Å². The van der Waals surface area contributed by atoms with Crippen LogP contribution >= 0.6 is 0 Å². The lowest BCUT2D eigenvalue weighted by Gasteiger charge is -2.44. The van der Waals surface area contributed by atoms with Crippen LogP contribution in [0.4, 0.5) is 5.82 Å². The van der Waals surface area contributed by atoms with Gasteiger partial charge < -0.3 is 10.4 Å². The molecule has 4 rings (SSSR count). The zero-order chi connectivity index (χ0) is 23.8. The number of hydrogen-bond donors (Lipinski definition) is 2. The maximum atomic E-state index is 13.0. The first kappa shape index (κ1) is 23.0. The van der Waals surface area contributed by atoms with Crippen LogP contribution in [0.2, 0.25) is 0 Å². The predicted molar refractivity (Wildman–Crippen MR) is 127 cm³/mol. The number of nitrogens with one attached hydrogen (secondary N) is 1. The average molecular weight is 449 g/mol. The van der Waals surface area contributed by atoms with Crippen molar-refractivity contribution in [1.29, 1.82) is 0 Å². The minimum absolute atomic E-state index is 0.156. The molecule has 0 radical (unpaired) electrons. The molecule has 0 aliphatic heterocycles. The van der Waals surface area contributed by atoms with Gasteiger partial charge in [-0.2, -0.15) is 5.10 Å². The molecule has 3 aromatic rings. The van der Waals surface area contributed by atoms with E-state index >= 15 is 0 Å². The maximum Gasteiger partial charge on any atom is 0.275 e. The summed E-state index contributed by atoms with van der Waals surface area (Å²) in [6, 6.07) is 7.21. The van der Waals surface area contributed by atoms with Crippen LogP contribution in [0.5, 0.6) is 0 Å². The molecule has 1 aliphatic carbocycles. The number of carbonyl (C=O) groups excluding carboxylic acids is 1. The van der Waals surface area contributed by atoms with Crippen LogP contribution in [-0.4, -0.2) is 41.3 Å². The molecule has 0 spiro atoms. The molecule has 4 atom stereocenters. The Bertz CT molecular complexity index is 1140. The zero-order valence-corrected chi connectivity index (χ0v) is 19.9. The fraction of sp³-hybridized carbons (Fsp3) is 0.480. The third-order valence-electron chi connectivity index (χ3n) is 7.02. The van der Waals surface area contributed by atoms with E-state index in [1.807, 2.05) is 49.8 Å². The predicted octanol–water partition coefficient (Wildman–Crippen LogP) is 4.22. The molecule has 0 saturated heterocycles. The van der Waals surface area contributed by atoms with Crippen LogP contribution in [0.3, 0.4) is 0 Å². The molecule has 2 unspecified atom stereocenters. The highest BCUT2D eigenvalue weighted by atomic mass is 16.3. The fourth-order valence-electron chi connectivity index (χ4n) is 4.59. The Hall–Kier alpha value is -3.13. The van der Waals surface area contributed by atoms with Crippen LogP contribution in [0.15, 0.2) is 36.7 Å². The molecule has 2 N–H and O–H groups in total. The van der Waals surface area contributed by atoms with Crippen LogP contribution in [-0.2, 0) is 6.54 Å². The van der Waals surface area contributed by atoms with Crippen molar-refractivity contribution in [3.63, 3.8) is 0 Å². The van der Waals surface area contributed by atoms with Crippen molar-refractivity contribution >= 4 is 11.7 Å². The molecule has 0 aromatic carbocycles. The molecule has 3 heterocycles. The topological polar surface area (TPSA) is 106 Å². The van der Waals surface area contributed by atoms with E-state index in [4.69, 9.17) is 0 Å². The minimum atomic E-state index is -0.681. The van der Waals surface area contributed by atoms with E-state index in [1.165, 1.54) is 0 Å². The number of hydrogen-bond acceptors (Lipinski definition) is 6. The first-order chi connectivity index (χ1) is 15.7. The number of amides is 1. The molecule has 174 valence electrons. The van der Waals surface area contributed by atoms with Crippen molar-refractivity contribution in [1.82, 2.24) is 24.7 Å². The van der Waals surface area contributed by atoms with Gasteiger partial charge in [-0.15, -0.1) is 0 Å². The lowest BCUT2D eigenvalue weighted by molar-refractivity contribution is -0.0723. The quantitative estimate of drug-likeness (QED) is 0.605. The van der Waals surface area contributed by atoms with Gasteiger partial charge in [-0.25, -0.2) is 15.0 Å². The number of aryl methyl sites for hydroxylation is 2. The first-order valence-electron chi connectivity index (χ1n) is 11.6. The highest BCUT2D eigenvalue weighted by Gasteiger charge is 2.42. The number of pyridine rings is 1. The summed E-state index contributed by atoms with van der Waals surface area (Å²) < 4.78 is 1.82. The Morgan fingerprint density at radius 1 is 1.21 bits per heavy atom. The second-order valence-electron chi connectivity index (χ2n) is 9.37. The number of aromatic nitrogens is 5. The molecule has 8 nitrogen and oxygen atoms in total. The van der Waals surface area contributed by atoms with E-state index in [1.54, 1.807) is 12.3 Å². The molecule has 1 fully saturated rings. The van der Waals surface area contributed by atoms with E-state index in [-0.39, 0.29) is 23.7 Å². The summed E-state index contributed by atoms with van der Waals surface area (Å²) in [5.41, 5.74) is 2.09. The van der Waals surface area contributed by atoms with Gasteiger partial charge in [0.25, 0.3) is 5.91 Å². The molecular formula is C25H32N6O2. The molecular weight excluding hydrogens is 416 g/mol. The molecule has 1 saturated carbocycles. The first-order valence-corrected chi connectivity index (χ1v) is 11.6. The largest absolute Gasteiger partial charge is 0.390 e. The van der Waals surface area contributed by atoms with Gasteiger partial charge in [0.2, 0.25) is 0 Å². The van der Waals surface area contributed by atoms with Crippen molar-refractivity contribution in [3.8, 4) is 11.3 Å². The number of aliphatic hydroxyl groups is 1. The van der Waals surface area contributed by atoms with Gasteiger partial charge >= 0.3 is 0 Å². The lowest BCUT2D eigenvalue weighted by Crippen LogP contribution is -2.44. The Morgan fingerprint density at radius 2 is 1.94 bits per heavy atom. The van der Waals surface area contributed by atoms with Gasteiger partial charge in [-0.1, -0.05) is 19.9 Å². The van der Waals surface area contributed by atoms with E-state index in [2.05, 4.69) is 39.2 Å². The third kappa shape index (κ3) is 4.80. The Morgan fingerprint density at radius 3 is 2.61 bits per heavy atom. The highest BCUT2D eigenvalue weighted by molar-refractivity contribution is 6.02. The summed E-state index contributed by atoms with van der Waals surface area (Å²) >= 11 is 0. The van der Waals surface area contributed by atoms with Crippen molar-refractivity contribution in [2.45, 2.75) is 65.5 Å². The molecule has 3 aromatic heterocycles. The monoisotopic (exact) mass is 448 g/mol. The smallest absolute Gasteiger partial charge is 0.275 e. The van der Waals surface area contributed by atoms with Gasteiger partial charge in [0, 0.05) is 36.0 Å². The number of rotatable bonds is 5. The van der Waals surface area contributed by atoms with Gasteiger partial charge in [0.15, 0.2) is 0 Å². The van der Waals surface area contributed by atoms with E-state index < -0.39 is 5.60 Å². The summed E-state index contributed by atoms with van der Waals surface area (Å²) in [6.45, 7) is 10.7. The molecule has 1 amide bonds. The van der Waals surface area contributed by atoms with Crippen LogP contribution in [0, 0.1) is 18.8 Å². The number of nitrogens with zero attached hydrogens (tertiary/aromatic N) is 5. The van der Waals surface area contributed by atoms with E-state index in [0.29, 0.717) is 23.0 Å². The van der Waals surface area contributed by atoms with E-state index in [0.717, 1.165) is 30.6 Å². The summed E-state index contributed by atoms with van der Waals surface area (Å²) in [5, 5.41) is 17.9. The summed E-state index contributed by atoms with van der Waals surface area (Å²) in [6.07, 6.45) is 5.34. The van der Waals surface area contributed by atoms with Crippen LogP contribution in [0.25, 0.3) is 11.3 Å². The standard InChI is InChI=1S/C25H32N6O2/c1-6-31-14-19(13-26-31)20-8-7-9-21(29-20)24(32)30-23-12-22(27-17(4)28-23)18-10-15(2)25(5,33)16(3)11-18/h7-9,12-16,18,33H,6,10-11H2,1-5H3,(H,27,28,30,32)/t15-,16+,18?,25?. The Labute approximate surface area is 194 Å². The molecule has 8 heteroatoms. The van der Waals surface area contributed by atoms with Crippen molar-refractivity contribution in [3.05, 3.63) is 53.9 Å². The third-order valence-corrected chi connectivity index (χ3v) is 7.02. The highest BCUT2D eigenvalue weighted by Crippen LogP contribution is 2.44. The summed E-state index contributed by atoms with van der Waals surface area (Å²) in [5.74, 6) is 1.27. The maximum absolute atomic E-state index is 13.0. The normalized spacial score (nSPS) is 25.1. The second kappa shape index (κ2) is 9.02. The SMILES string of the molecule is CCn1cc(-c2cccc(C(=O)Nc3cc(C4C[C@@H](C)C(C)(O)[C@@H](C)C4)nc(C)n3)n2)cn1. The lowest BCUT2D eigenvalue weighted by atomic mass is 9.66. The molecule has 1 aliphatic rings. The minimum Gasteiger partial charge on any atom is -0.390 e. The second-order valence-corrected chi connectivity index (χ2v) is 9.37. The average Bonchev–Trinajstić information content (AvgIpc) is 3.26. The Balaban J connectivity index is 1.53. The van der Waals surface area contributed by atoms with Crippen molar-refractivity contribution < 1.29 is 9.90 Å². The summed E-state index contributed by atoms with van der Waals surface area (Å²) in [7, 11) is 0. The molecule has 33 heavy (non-hydrogen) atoms. The Kier molecular flexibility index (Phi) is 6.30. The van der Waals surface area contributed by atoms with Crippen molar-refractivity contribution in [2.75, 3.05) is 5.32 Å². The summed E-state index contributed by atoms with van der Waals surface area (Å²) in [4.78, 5) is 26.6. The number of carbonyl (C=O) groups is 1. The van der Waals surface area contributed by atoms with Crippen LogP contribution < -0.4 is 5.32 Å². The zero-order valence-electron chi connectivity index (χ0n) is 19.9. The van der Waals surface area contributed by atoms with E-state index in [9.17, 15) is 9.90 Å². The fourth-order valence-corrected chi connectivity index (χ4v) is 4.59. The van der Waals surface area contributed by atoms with Gasteiger partial charge in [0.1, 0.15) is 17.3 Å². The van der Waals surface area contributed by atoms with Crippen molar-refractivity contribution in [2.24, 2.45) is 11.8 Å². The van der Waals surface area contributed by atoms with Crippen LogP contribution in [0.1, 0.15) is 68.5 Å². The number of anilines is 1.